The van der Waals surface area contributed by atoms with Gasteiger partial charge in [-0.05, 0) is 50.3 Å². The van der Waals surface area contributed by atoms with Crippen LogP contribution in [0.2, 0.25) is 0 Å². The zero-order valence-corrected chi connectivity index (χ0v) is 17.0. The van der Waals surface area contributed by atoms with E-state index >= 15 is 0 Å². The van der Waals surface area contributed by atoms with Crippen molar-refractivity contribution in [1.29, 1.82) is 0 Å². The summed E-state index contributed by atoms with van der Waals surface area (Å²) in [5.74, 6) is 0.255. The van der Waals surface area contributed by atoms with Gasteiger partial charge in [0.25, 0.3) is 0 Å². The van der Waals surface area contributed by atoms with Gasteiger partial charge in [-0.3, -0.25) is 4.99 Å². The second-order valence-corrected chi connectivity index (χ2v) is 7.15. The van der Waals surface area contributed by atoms with Gasteiger partial charge in [-0.15, -0.1) is 0 Å². The summed E-state index contributed by atoms with van der Waals surface area (Å²) in [5.41, 5.74) is 5.54. The molecule has 0 spiro atoms. The third kappa shape index (κ3) is 3.87. The van der Waals surface area contributed by atoms with Crippen LogP contribution in [-0.2, 0) is 6.42 Å². The number of H-pyrrole nitrogens is 1. The summed E-state index contributed by atoms with van der Waals surface area (Å²) < 4.78 is 15.6. The van der Waals surface area contributed by atoms with E-state index in [0.717, 1.165) is 47.4 Å². The van der Waals surface area contributed by atoms with Crippen molar-refractivity contribution in [2.45, 2.75) is 20.3 Å². The highest BCUT2D eigenvalue weighted by Gasteiger charge is 2.11. The number of benzene rings is 1. The average molecular weight is 402 g/mol. The van der Waals surface area contributed by atoms with Crippen molar-refractivity contribution in [3.63, 3.8) is 0 Å². The molecule has 152 valence electrons. The summed E-state index contributed by atoms with van der Waals surface area (Å²) in [6.45, 7) is 7.79. The summed E-state index contributed by atoms with van der Waals surface area (Å²) in [6.07, 6.45) is 7.14. The molecule has 7 heteroatoms. The lowest BCUT2D eigenvalue weighted by molar-refractivity contribution is 0.664. The predicted octanol–water partition coefficient (Wildman–Crippen LogP) is 5.09. The SMILES string of the molecule is C=N/C=C(F)\C=C(/C)c1cc(NCCc2c[nH]c3ccccc23)nc2c(C)cnn12. The first-order chi connectivity index (χ1) is 14.6. The Hall–Kier alpha value is -3.74. The molecule has 0 bridgehead atoms. The molecule has 0 saturated carbocycles. The molecule has 0 atom stereocenters. The van der Waals surface area contributed by atoms with E-state index in [0.29, 0.717) is 5.57 Å². The van der Waals surface area contributed by atoms with Crippen molar-refractivity contribution < 1.29 is 4.39 Å². The fourth-order valence-corrected chi connectivity index (χ4v) is 3.51. The van der Waals surface area contributed by atoms with Gasteiger partial charge in [-0.2, -0.15) is 5.10 Å². The number of hydrogen-bond acceptors (Lipinski definition) is 4. The number of aliphatic imine (C=N–C) groups is 1. The van der Waals surface area contributed by atoms with Crippen LogP contribution in [0.1, 0.15) is 23.7 Å². The van der Waals surface area contributed by atoms with Gasteiger partial charge in [-0.25, -0.2) is 13.9 Å². The lowest BCUT2D eigenvalue weighted by atomic mass is 10.1. The Labute approximate surface area is 173 Å². The normalized spacial score (nSPS) is 12.6. The first kappa shape index (κ1) is 19.6. The maximum Gasteiger partial charge on any atom is 0.160 e. The minimum atomic E-state index is -0.467. The number of aryl methyl sites for hydroxylation is 1. The second kappa shape index (κ2) is 8.32. The standard InChI is InChI=1S/C23H23FN6/c1-15(10-18(24)14-25-3)21-11-22(29-23-16(2)12-28-30(21)23)26-9-8-17-13-27-20-7-5-4-6-19(17)20/h4-7,10-14,27H,3,8-9H2,1-2H3,(H,26,29)/b15-10+,18-14+. The van der Waals surface area contributed by atoms with Crippen LogP contribution >= 0.6 is 0 Å². The van der Waals surface area contributed by atoms with Gasteiger partial charge >= 0.3 is 0 Å². The second-order valence-electron chi connectivity index (χ2n) is 7.15. The Morgan fingerprint density at radius 3 is 3.03 bits per heavy atom. The molecule has 30 heavy (non-hydrogen) atoms. The molecule has 0 fully saturated rings. The smallest absolute Gasteiger partial charge is 0.160 e. The highest BCUT2D eigenvalue weighted by atomic mass is 19.1. The maximum absolute atomic E-state index is 13.9. The van der Waals surface area contributed by atoms with Crippen molar-refractivity contribution in [3.05, 3.63) is 77.6 Å². The Morgan fingerprint density at radius 2 is 2.20 bits per heavy atom. The zero-order valence-electron chi connectivity index (χ0n) is 17.0. The van der Waals surface area contributed by atoms with E-state index in [1.165, 1.54) is 17.0 Å². The number of aromatic nitrogens is 4. The van der Waals surface area contributed by atoms with Crippen molar-refractivity contribution in [2.24, 2.45) is 4.99 Å². The van der Waals surface area contributed by atoms with Crippen molar-refractivity contribution in [1.82, 2.24) is 19.6 Å². The Kier molecular flexibility index (Phi) is 5.43. The van der Waals surface area contributed by atoms with Crippen LogP contribution in [0.25, 0.3) is 22.1 Å². The van der Waals surface area contributed by atoms with Gasteiger partial charge in [0.1, 0.15) is 11.6 Å². The van der Waals surface area contributed by atoms with Crippen LogP contribution in [0.5, 0.6) is 0 Å². The van der Waals surface area contributed by atoms with Crippen molar-refractivity contribution >= 4 is 34.7 Å². The topological polar surface area (TPSA) is 70.4 Å². The molecular weight excluding hydrogens is 379 g/mol. The monoisotopic (exact) mass is 402 g/mol. The quantitative estimate of drug-likeness (QED) is 0.334. The molecule has 0 saturated heterocycles. The van der Waals surface area contributed by atoms with Crippen molar-refractivity contribution in [2.75, 3.05) is 11.9 Å². The lowest BCUT2D eigenvalue weighted by Gasteiger charge is -2.11. The van der Waals surface area contributed by atoms with E-state index in [-0.39, 0.29) is 0 Å². The molecular formula is C23H23FN6. The number of aromatic amines is 1. The van der Waals surface area contributed by atoms with E-state index in [1.807, 2.05) is 38.2 Å². The van der Waals surface area contributed by atoms with Crippen LogP contribution in [0.15, 0.2) is 65.8 Å². The molecule has 0 unspecified atom stereocenters. The number of anilines is 1. The number of para-hydroxylation sites is 1. The predicted molar refractivity (Wildman–Crippen MR) is 121 cm³/mol. The summed E-state index contributed by atoms with van der Waals surface area (Å²) in [4.78, 5) is 11.5. The molecule has 3 heterocycles. The average Bonchev–Trinajstić information content (AvgIpc) is 3.32. The molecule has 4 rings (SSSR count). The molecule has 1 aromatic carbocycles. The minimum absolute atomic E-state index is 0.467. The first-order valence-corrected chi connectivity index (χ1v) is 9.71. The Bertz CT molecular complexity index is 1280. The summed E-state index contributed by atoms with van der Waals surface area (Å²) >= 11 is 0. The van der Waals surface area contributed by atoms with Crippen LogP contribution in [-0.4, -0.2) is 32.8 Å². The highest BCUT2D eigenvalue weighted by Crippen LogP contribution is 2.23. The molecule has 2 N–H and O–H groups in total. The fraction of sp³-hybridized carbons (Fsp3) is 0.174. The molecule has 6 nitrogen and oxygen atoms in total. The van der Waals surface area contributed by atoms with Gasteiger partial charge < -0.3 is 10.3 Å². The maximum atomic E-state index is 13.9. The number of hydrogen-bond donors (Lipinski definition) is 2. The van der Waals surface area contributed by atoms with Crippen molar-refractivity contribution in [3.8, 4) is 0 Å². The molecule has 0 aliphatic carbocycles. The largest absolute Gasteiger partial charge is 0.370 e. The molecule has 0 amide bonds. The minimum Gasteiger partial charge on any atom is -0.370 e. The number of allylic oxidation sites excluding steroid dienone is 3. The first-order valence-electron chi connectivity index (χ1n) is 9.71. The third-order valence-corrected chi connectivity index (χ3v) is 5.00. The lowest BCUT2D eigenvalue weighted by Crippen LogP contribution is -2.09. The zero-order chi connectivity index (χ0) is 21.1. The molecule has 3 aromatic heterocycles. The van der Waals surface area contributed by atoms with Crippen LogP contribution in [0.3, 0.4) is 0 Å². The number of rotatable bonds is 7. The van der Waals surface area contributed by atoms with Gasteiger partial charge in [-0.1, -0.05) is 18.2 Å². The van der Waals surface area contributed by atoms with E-state index < -0.39 is 5.83 Å². The van der Waals surface area contributed by atoms with E-state index in [4.69, 9.17) is 4.98 Å². The highest BCUT2D eigenvalue weighted by molar-refractivity contribution is 5.83. The Balaban J connectivity index is 1.60. The molecule has 4 aromatic rings. The number of fused-ring (bicyclic) bond motifs is 2. The number of nitrogens with zero attached hydrogens (tertiary/aromatic N) is 4. The van der Waals surface area contributed by atoms with Gasteiger partial charge in [0.2, 0.25) is 0 Å². The summed E-state index contributed by atoms with van der Waals surface area (Å²) in [7, 11) is 0. The van der Waals surface area contributed by atoms with Crippen LogP contribution < -0.4 is 5.32 Å². The Morgan fingerprint density at radius 1 is 1.37 bits per heavy atom. The molecule has 0 aliphatic heterocycles. The summed E-state index contributed by atoms with van der Waals surface area (Å²) in [6, 6.07) is 10.1. The fourth-order valence-electron chi connectivity index (χ4n) is 3.51. The van der Waals surface area contributed by atoms with Crippen LogP contribution in [0.4, 0.5) is 10.2 Å². The van der Waals surface area contributed by atoms with E-state index in [2.05, 4.69) is 39.2 Å². The molecule has 0 aliphatic rings. The summed E-state index contributed by atoms with van der Waals surface area (Å²) in [5, 5.41) is 9.02. The van der Waals surface area contributed by atoms with Crippen LogP contribution in [0, 0.1) is 6.92 Å². The van der Waals surface area contributed by atoms with Gasteiger partial charge in [0, 0.05) is 35.3 Å². The number of nitrogens with one attached hydrogen (secondary N) is 2. The third-order valence-electron chi connectivity index (χ3n) is 5.00. The molecule has 0 radical (unpaired) electrons. The van der Waals surface area contributed by atoms with Gasteiger partial charge in [0.05, 0.1) is 18.1 Å². The number of halogens is 1. The van der Waals surface area contributed by atoms with Gasteiger partial charge in [0.15, 0.2) is 5.65 Å². The van der Waals surface area contributed by atoms with E-state index in [1.54, 1.807) is 10.7 Å². The van der Waals surface area contributed by atoms with E-state index in [9.17, 15) is 4.39 Å².